The zero-order valence-corrected chi connectivity index (χ0v) is 16.4. The summed E-state index contributed by atoms with van der Waals surface area (Å²) in [5.41, 5.74) is 0. The molecule has 2 rings (SSSR count). The molecular formula is C18H24N4O4S. The average Bonchev–Trinajstić information content (AvgIpc) is 2.70. The van der Waals surface area contributed by atoms with Gasteiger partial charge < -0.3 is 9.47 Å². The standard InChI is InChI=1S/C18H24N4O4S/c1-25-16-5-6-17(26-2)18(12-16)27(23,24)22-10-8-21(9-11-22)14-15(13-20)4-3-7-19/h5-6,12,15H,3-4,8-11,14H2,1-2H3/t15-/m0/s1. The van der Waals surface area contributed by atoms with E-state index in [-0.39, 0.29) is 16.6 Å². The van der Waals surface area contributed by atoms with Crippen molar-refractivity contribution < 1.29 is 17.9 Å². The van der Waals surface area contributed by atoms with Crippen LogP contribution in [0.1, 0.15) is 12.8 Å². The molecule has 9 heteroatoms. The maximum Gasteiger partial charge on any atom is 0.246 e. The second-order valence-electron chi connectivity index (χ2n) is 6.24. The Morgan fingerprint density at radius 1 is 1.15 bits per heavy atom. The average molecular weight is 392 g/mol. The number of methoxy groups -OCH3 is 2. The summed E-state index contributed by atoms with van der Waals surface area (Å²) in [7, 11) is -0.802. The number of nitriles is 2. The van der Waals surface area contributed by atoms with Gasteiger partial charge in [0.1, 0.15) is 16.4 Å². The summed E-state index contributed by atoms with van der Waals surface area (Å²) in [6.45, 7) is 2.29. The molecule has 1 aromatic rings. The van der Waals surface area contributed by atoms with Crippen molar-refractivity contribution in [1.29, 1.82) is 10.5 Å². The fraction of sp³-hybridized carbons (Fsp3) is 0.556. The zero-order chi connectivity index (χ0) is 19.9. The van der Waals surface area contributed by atoms with Crippen molar-refractivity contribution in [2.75, 3.05) is 46.9 Å². The minimum absolute atomic E-state index is 0.0849. The van der Waals surface area contributed by atoms with Crippen LogP contribution in [0.2, 0.25) is 0 Å². The van der Waals surface area contributed by atoms with Crippen molar-refractivity contribution in [3.8, 4) is 23.6 Å². The third-order valence-corrected chi connectivity index (χ3v) is 6.51. The molecule has 1 aliphatic heterocycles. The van der Waals surface area contributed by atoms with Crippen molar-refractivity contribution in [3.63, 3.8) is 0 Å². The Labute approximate surface area is 160 Å². The number of nitrogens with zero attached hydrogens (tertiary/aromatic N) is 4. The van der Waals surface area contributed by atoms with Crippen molar-refractivity contribution >= 4 is 10.0 Å². The van der Waals surface area contributed by atoms with Crippen molar-refractivity contribution in [2.24, 2.45) is 5.92 Å². The van der Waals surface area contributed by atoms with Gasteiger partial charge in [-0.25, -0.2) is 8.42 Å². The maximum absolute atomic E-state index is 13.0. The molecule has 0 aliphatic carbocycles. The van der Waals surface area contributed by atoms with Gasteiger partial charge in [-0.3, -0.25) is 4.90 Å². The molecule has 1 aliphatic rings. The summed E-state index contributed by atoms with van der Waals surface area (Å²) in [6.07, 6.45) is 0.884. The van der Waals surface area contributed by atoms with Gasteiger partial charge in [0, 0.05) is 45.2 Å². The summed E-state index contributed by atoms with van der Waals surface area (Å²) in [5, 5.41) is 17.9. The molecule has 0 N–H and O–H groups in total. The molecule has 0 radical (unpaired) electrons. The molecule has 1 saturated heterocycles. The van der Waals surface area contributed by atoms with Crippen molar-refractivity contribution in [2.45, 2.75) is 17.7 Å². The van der Waals surface area contributed by atoms with Gasteiger partial charge in [0.05, 0.1) is 32.3 Å². The van der Waals surface area contributed by atoms with Crippen LogP contribution in [0, 0.1) is 28.6 Å². The lowest BCUT2D eigenvalue weighted by Gasteiger charge is -2.34. The Kier molecular flexibility index (Phi) is 7.43. The number of benzene rings is 1. The molecule has 0 aromatic heterocycles. The molecule has 27 heavy (non-hydrogen) atoms. The van der Waals surface area contributed by atoms with E-state index in [1.54, 1.807) is 12.1 Å². The Bertz CT molecular complexity index is 821. The van der Waals surface area contributed by atoms with E-state index in [1.165, 1.54) is 24.6 Å². The van der Waals surface area contributed by atoms with Gasteiger partial charge in [0.15, 0.2) is 0 Å². The molecule has 0 spiro atoms. The van der Waals surface area contributed by atoms with E-state index in [9.17, 15) is 13.7 Å². The smallest absolute Gasteiger partial charge is 0.246 e. The minimum atomic E-state index is -3.72. The van der Waals surface area contributed by atoms with Crippen LogP contribution < -0.4 is 9.47 Å². The summed E-state index contributed by atoms with van der Waals surface area (Å²) < 4.78 is 37.9. The van der Waals surface area contributed by atoms with Crippen LogP contribution >= 0.6 is 0 Å². The highest BCUT2D eigenvalue weighted by molar-refractivity contribution is 7.89. The lowest BCUT2D eigenvalue weighted by Crippen LogP contribution is -2.49. The topological polar surface area (TPSA) is 107 Å². The second kappa shape index (κ2) is 9.56. The molecule has 0 amide bonds. The predicted molar refractivity (Wildman–Crippen MR) is 98.7 cm³/mol. The van der Waals surface area contributed by atoms with Gasteiger partial charge in [0.2, 0.25) is 10.0 Å². The van der Waals surface area contributed by atoms with Crippen LogP contribution in [-0.4, -0.2) is 64.6 Å². The third-order valence-electron chi connectivity index (χ3n) is 4.59. The summed E-state index contributed by atoms with van der Waals surface area (Å²) in [5.74, 6) is 0.507. The minimum Gasteiger partial charge on any atom is -0.497 e. The highest BCUT2D eigenvalue weighted by Crippen LogP contribution is 2.31. The van der Waals surface area contributed by atoms with E-state index >= 15 is 0 Å². The Balaban J connectivity index is 2.07. The van der Waals surface area contributed by atoms with Gasteiger partial charge >= 0.3 is 0 Å². The lowest BCUT2D eigenvalue weighted by molar-refractivity contribution is 0.173. The van der Waals surface area contributed by atoms with Crippen LogP contribution in [0.15, 0.2) is 23.1 Å². The monoisotopic (exact) mass is 392 g/mol. The van der Waals surface area contributed by atoms with E-state index in [2.05, 4.69) is 17.0 Å². The number of hydrogen-bond acceptors (Lipinski definition) is 7. The number of sulfonamides is 1. The normalized spacial score (nSPS) is 16.9. The number of hydrogen-bond donors (Lipinski definition) is 0. The van der Waals surface area contributed by atoms with E-state index in [0.717, 1.165) is 0 Å². The van der Waals surface area contributed by atoms with Gasteiger partial charge in [-0.15, -0.1) is 0 Å². The maximum atomic E-state index is 13.0. The first-order valence-corrected chi connectivity index (χ1v) is 10.1. The first-order valence-electron chi connectivity index (χ1n) is 8.67. The third kappa shape index (κ3) is 5.10. The van der Waals surface area contributed by atoms with Crippen LogP contribution in [0.4, 0.5) is 0 Å². The van der Waals surface area contributed by atoms with Gasteiger partial charge in [-0.05, 0) is 18.6 Å². The molecule has 146 valence electrons. The van der Waals surface area contributed by atoms with E-state index < -0.39 is 10.0 Å². The van der Waals surface area contributed by atoms with E-state index in [1.807, 2.05) is 0 Å². The highest BCUT2D eigenvalue weighted by atomic mass is 32.2. The zero-order valence-electron chi connectivity index (χ0n) is 15.6. The van der Waals surface area contributed by atoms with Crippen molar-refractivity contribution in [3.05, 3.63) is 18.2 Å². The molecular weight excluding hydrogens is 368 g/mol. The van der Waals surface area contributed by atoms with Crippen LogP contribution in [0.5, 0.6) is 11.5 Å². The summed E-state index contributed by atoms with van der Waals surface area (Å²) in [4.78, 5) is 2.15. The Morgan fingerprint density at radius 2 is 1.85 bits per heavy atom. The lowest BCUT2D eigenvalue weighted by atomic mass is 10.0. The molecule has 8 nitrogen and oxygen atoms in total. The van der Waals surface area contributed by atoms with Crippen LogP contribution in [0.3, 0.4) is 0 Å². The van der Waals surface area contributed by atoms with Crippen LogP contribution in [-0.2, 0) is 10.0 Å². The first-order chi connectivity index (χ1) is 13.0. The van der Waals surface area contributed by atoms with Crippen molar-refractivity contribution in [1.82, 2.24) is 9.21 Å². The molecule has 0 bridgehead atoms. The van der Waals surface area contributed by atoms with E-state index in [4.69, 9.17) is 14.7 Å². The van der Waals surface area contributed by atoms with E-state index in [0.29, 0.717) is 51.3 Å². The SMILES string of the molecule is COc1ccc(OC)c(S(=O)(=O)N2CCN(C[C@H](C#N)CCC#N)CC2)c1. The molecule has 0 unspecified atom stereocenters. The fourth-order valence-electron chi connectivity index (χ4n) is 3.02. The Morgan fingerprint density at radius 3 is 2.41 bits per heavy atom. The number of rotatable bonds is 8. The highest BCUT2D eigenvalue weighted by Gasteiger charge is 2.31. The largest absolute Gasteiger partial charge is 0.497 e. The number of ether oxygens (including phenoxy) is 2. The molecule has 0 saturated carbocycles. The molecule has 1 fully saturated rings. The van der Waals surface area contributed by atoms with Crippen LogP contribution in [0.25, 0.3) is 0 Å². The predicted octanol–water partition coefficient (Wildman–Crippen LogP) is 1.45. The number of piperazine rings is 1. The van der Waals surface area contributed by atoms with Gasteiger partial charge in [-0.2, -0.15) is 14.8 Å². The molecule has 1 heterocycles. The molecule has 1 aromatic carbocycles. The Hall–Kier alpha value is -2.33. The fourth-order valence-corrected chi connectivity index (χ4v) is 4.62. The van der Waals surface area contributed by atoms with Gasteiger partial charge in [-0.1, -0.05) is 0 Å². The molecule has 1 atom stereocenters. The quantitative estimate of drug-likeness (QED) is 0.659. The summed E-state index contributed by atoms with van der Waals surface area (Å²) in [6, 6.07) is 8.98. The van der Waals surface area contributed by atoms with Gasteiger partial charge in [0.25, 0.3) is 0 Å². The first kappa shape index (κ1) is 21.0. The second-order valence-corrected chi connectivity index (χ2v) is 8.15. The summed E-state index contributed by atoms with van der Waals surface area (Å²) >= 11 is 0.